The molecule has 0 radical (unpaired) electrons. The maximum absolute atomic E-state index is 12.3. The Bertz CT molecular complexity index is 592. The largest absolute Gasteiger partial charge is 0.462 e. The fourth-order valence-electron chi connectivity index (χ4n) is 2.09. The number of ether oxygens (including phenoxy) is 3. The summed E-state index contributed by atoms with van der Waals surface area (Å²) in [6.07, 6.45) is 1.18. The van der Waals surface area contributed by atoms with E-state index in [2.05, 4.69) is 5.32 Å². The minimum absolute atomic E-state index is 0.159. The van der Waals surface area contributed by atoms with Crippen molar-refractivity contribution < 1.29 is 28.6 Å². The van der Waals surface area contributed by atoms with Crippen LogP contribution in [0.5, 0.6) is 0 Å². The maximum Gasteiger partial charge on any atom is 0.338 e. The second-order valence-corrected chi connectivity index (χ2v) is 5.60. The zero-order valence-electron chi connectivity index (χ0n) is 15.8. The molecule has 7 heteroatoms. The molecule has 1 aromatic carbocycles. The molecule has 0 aromatic heterocycles. The Morgan fingerprint density at radius 1 is 0.962 bits per heavy atom. The van der Waals surface area contributed by atoms with Crippen molar-refractivity contribution in [3.63, 3.8) is 0 Å². The first kappa shape index (κ1) is 21.6. The highest BCUT2D eigenvalue weighted by Crippen LogP contribution is 2.18. The predicted molar refractivity (Wildman–Crippen MR) is 97.3 cm³/mol. The molecule has 0 aliphatic carbocycles. The molecule has 0 fully saturated rings. The summed E-state index contributed by atoms with van der Waals surface area (Å²) >= 11 is 0. The van der Waals surface area contributed by atoms with Crippen LogP contribution in [-0.4, -0.2) is 43.8 Å². The Hall–Kier alpha value is -2.41. The van der Waals surface area contributed by atoms with Crippen molar-refractivity contribution in [3.8, 4) is 0 Å². The van der Waals surface area contributed by atoms with Gasteiger partial charge in [0, 0.05) is 12.3 Å². The van der Waals surface area contributed by atoms with E-state index < -0.39 is 18.0 Å². The molecule has 0 saturated heterocycles. The summed E-state index contributed by atoms with van der Waals surface area (Å²) in [7, 11) is 0. The van der Waals surface area contributed by atoms with Crippen LogP contribution in [-0.2, 0) is 19.0 Å². The number of hydrogen-bond acceptors (Lipinski definition) is 6. The zero-order valence-corrected chi connectivity index (χ0v) is 15.8. The van der Waals surface area contributed by atoms with E-state index >= 15 is 0 Å². The minimum Gasteiger partial charge on any atom is -0.462 e. The first-order chi connectivity index (χ1) is 12.4. The second-order valence-electron chi connectivity index (χ2n) is 5.60. The number of unbranched alkanes of at least 4 members (excludes halogenated alkanes) is 1. The Kier molecular flexibility index (Phi) is 9.36. The SMILES string of the molecule is CCCCOC(C)C(=O)Nc1cc(C(=O)OCC)cc(C(=O)OCC)c1. The van der Waals surface area contributed by atoms with E-state index in [0.29, 0.717) is 12.3 Å². The van der Waals surface area contributed by atoms with Crippen molar-refractivity contribution in [1.82, 2.24) is 0 Å². The lowest BCUT2D eigenvalue weighted by molar-refractivity contribution is -0.126. The standard InChI is InChI=1S/C19H27NO6/c1-5-8-9-26-13(4)17(21)20-16-11-14(18(22)24-6-2)10-15(12-16)19(23)25-7-3/h10-13H,5-9H2,1-4H3,(H,20,21). The molecule has 1 aromatic rings. The summed E-state index contributed by atoms with van der Waals surface area (Å²) in [6.45, 7) is 7.94. The average Bonchev–Trinajstić information content (AvgIpc) is 2.61. The van der Waals surface area contributed by atoms with Gasteiger partial charge in [0.05, 0.1) is 24.3 Å². The molecule has 1 atom stereocenters. The van der Waals surface area contributed by atoms with E-state index in [9.17, 15) is 14.4 Å². The molecule has 144 valence electrons. The van der Waals surface area contributed by atoms with Gasteiger partial charge in [-0.25, -0.2) is 9.59 Å². The van der Waals surface area contributed by atoms with Gasteiger partial charge in [-0.2, -0.15) is 0 Å². The Morgan fingerprint density at radius 3 is 1.96 bits per heavy atom. The monoisotopic (exact) mass is 365 g/mol. The number of anilines is 1. The summed E-state index contributed by atoms with van der Waals surface area (Å²) in [4.78, 5) is 36.3. The van der Waals surface area contributed by atoms with Crippen LogP contribution in [0.3, 0.4) is 0 Å². The third-order valence-corrected chi connectivity index (χ3v) is 3.46. The van der Waals surface area contributed by atoms with Gasteiger partial charge in [0.25, 0.3) is 5.91 Å². The highest BCUT2D eigenvalue weighted by atomic mass is 16.5. The molecule has 1 amide bonds. The first-order valence-corrected chi connectivity index (χ1v) is 8.84. The van der Waals surface area contributed by atoms with Gasteiger partial charge in [-0.15, -0.1) is 0 Å². The van der Waals surface area contributed by atoms with Gasteiger partial charge < -0.3 is 19.5 Å². The number of amides is 1. The Balaban J connectivity index is 2.99. The third-order valence-electron chi connectivity index (χ3n) is 3.46. The predicted octanol–water partition coefficient (Wildman–Crippen LogP) is 3.18. The second kappa shape index (κ2) is 11.3. The van der Waals surface area contributed by atoms with Crippen LogP contribution in [0.4, 0.5) is 5.69 Å². The molecule has 0 saturated carbocycles. The van der Waals surface area contributed by atoms with Crippen molar-refractivity contribution in [2.45, 2.75) is 46.6 Å². The van der Waals surface area contributed by atoms with Crippen LogP contribution >= 0.6 is 0 Å². The van der Waals surface area contributed by atoms with E-state index in [1.54, 1.807) is 20.8 Å². The molecule has 0 bridgehead atoms. The smallest absolute Gasteiger partial charge is 0.338 e. The van der Waals surface area contributed by atoms with Crippen LogP contribution in [0.2, 0.25) is 0 Å². The molecule has 1 rings (SSSR count). The lowest BCUT2D eigenvalue weighted by Crippen LogP contribution is -2.28. The average molecular weight is 365 g/mol. The van der Waals surface area contributed by atoms with Crippen LogP contribution in [0.25, 0.3) is 0 Å². The molecule has 0 spiro atoms. The number of carbonyl (C=O) groups excluding carboxylic acids is 3. The van der Waals surface area contributed by atoms with Gasteiger partial charge in [0.15, 0.2) is 0 Å². The van der Waals surface area contributed by atoms with Crippen molar-refractivity contribution >= 4 is 23.5 Å². The van der Waals surface area contributed by atoms with Gasteiger partial charge in [-0.05, 0) is 45.4 Å². The van der Waals surface area contributed by atoms with Crippen LogP contribution in [0.1, 0.15) is 61.3 Å². The summed E-state index contributed by atoms with van der Waals surface area (Å²) in [5, 5.41) is 2.66. The molecular formula is C19H27NO6. The minimum atomic E-state index is -0.654. The van der Waals surface area contributed by atoms with Gasteiger partial charge in [0.2, 0.25) is 0 Å². The number of carbonyl (C=O) groups is 3. The molecule has 0 aliphatic rings. The Morgan fingerprint density at radius 2 is 1.50 bits per heavy atom. The summed E-state index contributed by atoms with van der Waals surface area (Å²) in [5.41, 5.74) is 0.620. The molecule has 0 heterocycles. The summed E-state index contributed by atoms with van der Waals surface area (Å²) in [6, 6.07) is 4.29. The molecule has 1 unspecified atom stereocenters. The van der Waals surface area contributed by atoms with Gasteiger partial charge in [0.1, 0.15) is 6.10 Å². The van der Waals surface area contributed by atoms with E-state index in [-0.39, 0.29) is 30.2 Å². The maximum atomic E-state index is 12.3. The Labute approximate surface area is 154 Å². The van der Waals surface area contributed by atoms with Gasteiger partial charge >= 0.3 is 11.9 Å². The van der Waals surface area contributed by atoms with E-state index in [4.69, 9.17) is 14.2 Å². The van der Waals surface area contributed by atoms with Crippen molar-refractivity contribution in [3.05, 3.63) is 29.3 Å². The zero-order chi connectivity index (χ0) is 19.5. The lowest BCUT2D eigenvalue weighted by atomic mass is 10.1. The fraction of sp³-hybridized carbons (Fsp3) is 0.526. The van der Waals surface area contributed by atoms with Crippen LogP contribution in [0.15, 0.2) is 18.2 Å². The van der Waals surface area contributed by atoms with Crippen molar-refractivity contribution in [1.29, 1.82) is 0 Å². The number of esters is 2. The first-order valence-electron chi connectivity index (χ1n) is 8.84. The third kappa shape index (κ3) is 6.84. The highest BCUT2D eigenvalue weighted by Gasteiger charge is 2.18. The molecule has 1 N–H and O–H groups in total. The molecule has 26 heavy (non-hydrogen) atoms. The topological polar surface area (TPSA) is 90.9 Å². The van der Waals surface area contributed by atoms with Crippen molar-refractivity contribution in [2.75, 3.05) is 25.1 Å². The number of nitrogens with one attached hydrogen (secondary N) is 1. The van der Waals surface area contributed by atoms with E-state index in [1.807, 2.05) is 6.92 Å². The lowest BCUT2D eigenvalue weighted by Gasteiger charge is -2.14. The summed E-state index contributed by atoms with van der Waals surface area (Å²) in [5.74, 6) is -1.53. The van der Waals surface area contributed by atoms with Crippen LogP contribution in [0, 0.1) is 0 Å². The number of hydrogen-bond donors (Lipinski definition) is 1. The molecular weight excluding hydrogens is 338 g/mol. The van der Waals surface area contributed by atoms with E-state index in [1.165, 1.54) is 18.2 Å². The van der Waals surface area contributed by atoms with Crippen molar-refractivity contribution in [2.24, 2.45) is 0 Å². The highest BCUT2D eigenvalue weighted by molar-refractivity contribution is 6.00. The summed E-state index contributed by atoms with van der Waals surface area (Å²) < 4.78 is 15.4. The fourth-order valence-corrected chi connectivity index (χ4v) is 2.09. The van der Waals surface area contributed by atoms with Gasteiger partial charge in [-0.1, -0.05) is 13.3 Å². The number of rotatable bonds is 10. The molecule has 7 nitrogen and oxygen atoms in total. The molecule has 0 aliphatic heterocycles. The quantitative estimate of drug-likeness (QED) is 0.506. The van der Waals surface area contributed by atoms with Crippen LogP contribution < -0.4 is 5.32 Å². The normalized spacial score (nSPS) is 11.5. The van der Waals surface area contributed by atoms with E-state index in [0.717, 1.165) is 12.8 Å². The number of benzene rings is 1. The van der Waals surface area contributed by atoms with Gasteiger partial charge in [-0.3, -0.25) is 4.79 Å².